The Kier molecular flexibility index (Phi) is 3.82. The Labute approximate surface area is 103 Å². The molecule has 0 spiro atoms. The molecule has 0 N–H and O–H groups in total. The summed E-state index contributed by atoms with van der Waals surface area (Å²) in [6.45, 7) is 4.99. The summed E-state index contributed by atoms with van der Waals surface area (Å²) in [5.74, 6) is -0.308. The fourth-order valence-corrected chi connectivity index (χ4v) is 1.48. The SMILES string of the molecule is Cc1cnc([N+](=O)[O-])n1CC(N=O)C(C)(C)Cl. The lowest BCUT2D eigenvalue weighted by atomic mass is 10.0. The molecule has 1 aromatic heterocycles. The monoisotopic (exact) mass is 260 g/mol. The summed E-state index contributed by atoms with van der Waals surface area (Å²) in [6.07, 6.45) is 1.38. The standard InChI is InChI=1S/C9H13ClN4O3/c1-6-4-11-8(14(16)17)13(6)5-7(12-15)9(2,3)10/h4,7H,5H2,1-3H3. The van der Waals surface area contributed by atoms with Gasteiger partial charge < -0.3 is 10.1 Å². The van der Waals surface area contributed by atoms with E-state index in [1.54, 1.807) is 20.8 Å². The fraction of sp³-hybridized carbons (Fsp3) is 0.667. The number of nitro groups is 1. The van der Waals surface area contributed by atoms with E-state index < -0.39 is 15.8 Å². The average Bonchev–Trinajstić information content (AvgIpc) is 2.54. The van der Waals surface area contributed by atoms with Gasteiger partial charge in [-0.05, 0) is 25.7 Å². The zero-order valence-electron chi connectivity index (χ0n) is 9.75. The van der Waals surface area contributed by atoms with Crippen LogP contribution in [-0.4, -0.2) is 25.4 Å². The molecule has 1 atom stereocenters. The number of hydrogen-bond acceptors (Lipinski definition) is 5. The molecule has 0 amide bonds. The molecule has 1 rings (SSSR count). The van der Waals surface area contributed by atoms with Gasteiger partial charge in [0.25, 0.3) is 0 Å². The van der Waals surface area contributed by atoms with Crippen molar-refractivity contribution >= 4 is 17.5 Å². The molecule has 0 aromatic carbocycles. The van der Waals surface area contributed by atoms with Crippen molar-refractivity contribution in [3.63, 3.8) is 0 Å². The number of hydrogen-bond donors (Lipinski definition) is 0. The van der Waals surface area contributed by atoms with E-state index in [-0.39, 0.29) is 12.5 Å². The second-order valence-corrected chi connectivity index (χ2v) is 5.23. The Morgan fingerprint density at radius 1 is 1.71 bits per heavy atom. The Hall–Kier alpha value is -1.50. The summed E-state index contributed by atoms with van der Waals surface area (Å²) in [6, 6.07) is -0.768. The minimum Gasteiger partial charge on any atom is -0.390 e. The van der Waals surface area contributed by atoms with E-state index >= 15 is 0 Å². The van der Waals surface area contributed by atoms with Crippen LogP contribution in [0.25, 0.3) is 0 Å². The Morgan fingerprint density at radius 3 is 2.71 bits per heavy atom. The van der Waals surface area contributed by atoms with E-state index in [1.165, 1.54) is 10.8 Å². The predicted molar refractivity (Wildman–Crippen MR) is 63.1 cm³/mol. The van der Waals surface area contributed by atoms with Crippen molar-refractivity contribution in [1.29, 1.82) is 0 Å². The smallest absolute Gasteiger partial charge is 0.390 e. The van der Waals surface area contributed by atoms with Crippen LogP contribution in [0.1, 0.15) is 19.5 Å². The molecule has 0 radical (unpaired) electrons. The molecular formula is C9H13ClN4O3. The van der Waals surface area contributed by atoms with E-state index in [2.05, 4.69) is 10.2 Å². The highest BCUT2D eigenvalue weighted by atomic mass is 35.5. The van der Waals surface area contributed by atoms with Crippen molar-refractivity contribution in [2.45, 2.75) is 38.2 Å². The molecule has 0 fully saturated rings. The third-order valence-corrected chi connectivity index (χ3v) is 2.72. The molecule has 17 heavy (non-hydrogen) atoms. The number of alkyl halides is 1. The van der Waals surface area contributed by atoms with Gasteiger partial charge in [-0.15, -0.1) is 11.6 Å². The molecule has 0 saturated carbocycles. The zero-order valence-corrected chi connectivity index (χ0v) is 10.5. The molecule has 1 aromatic rings. The van der Waals surface area contributed by atoms with Crippen LogP contribution in [0.15, 0.2) is 11.4 Å². The maximum atomic E-state index is 10.7. The molecule has 94 valence electrons. The van der Waals surface area contributed by atoms with Crippen molar-refractivity contribution in [2.24, 2.45) is 5.18 Å². The molecule has 0 aliphatic carbocycles. The van der Waals surface area contributed by atoms with Crippen molar-refractivity contribution in [2.75, 3.05) is 0 Å². The molecule has 0 saturated heterocycles. The molecule has 1 unspecified atom stereocenters. The van der Waals surface area contributed by atoms with Gasteiger partial charge in [-0.2, -0.15) is 4.91 Å². The van der Waals surface area contributed by atoms with Gasteiger partial charge >= 0.3 is 5.95 Å². The van der Waals surface area contributed by atoms with E-state index in [9.17, 15) is 15.0 Å². The van der Waals surface area contributed by atoms with E-state index in [0.717, 1.165) is 0 Å². The van der Waals surface area contributed by atoms with Crippen molar-refractivity contribution in [1.82, 2.24) is 9.55 Å². The Bertz CT molecular complexity index is 438. The summed E-state index contributed by atoms with van der Waals surface area (Å²) >= 11 is 6.00. The number of aromatic nitrogens is 2. The van der Waals surface area contributed by atoms with Crippen LogP contribution in [0, 0.1) is 21.9 Å². The lowest BCUT2D eigenvalue weighted by Gasteiger charge is -2.21. The molecule has 0 bridgehead atoms. The Balaban J connectivity index is 3.05. The first-order valence-corrected chi connectivity index (χ1v) is 5.33. The molecule has 8 heteroatoms. The molecular weight excluding hydrogens is 248 g/mol. The largest absolute Gasteiger partial charge is 0.434 e. The number of halogens is 1. The highest BCUT2D eigenvalue weighted by Crippen LogP contribution is 2.24. The summed E-state index contributed by atoms with van der Waals surface area (Å²) in [5.41, 5.74) is 0.589. The lowest BCUT2D eigenvalue weighted by Crippen LogP contribution is -2.33. The minimum absolute atomic E-state index is 0.0438. The van der Waals surface area contributed by atoms with Gasteiger partial charge in [0.05, 0.1) is 11.4 Å². The Morgan fingerprint density at radius 2 is 2.29 bits per heavy atom. The van der Waals surface area contributed by atoms with Gasteiger partial charge in [-0.25, -0.2) is 4.57 Å². The third kappa shape index (κ3) is 3.00. The van der Waals surface area contributed by atoms with Gasteiger partial charge in [-0.1, -0.05) is 10.2 Å². The van der Waals surface area contributed by atoms with Crippen LogP contribution in [-0.2, 0) is 6.54 Å². The first-order chi connectivity index (χ1) is 7.77. The maximum absolute atomic E-state index is 10.7. The highest BCUT2D eigenvalue weighted by Gasteiger charge is 2.32. The molecule has 7 nitrogen and oxygen atoms in total. The zero-order chi connectivity index (χ0) is 13.2. The van der Waals surface area contributed by atoms with Crippen LogP contribution < -0.4 is 0 Å². The summed E-state index contributed by atoms with van der Waals surface area (Å²) < 4.78 is 1.33. The first-order valence-electron chi connectivity index (χ1n) is 4.95. The highest BCUT2D eigenvalue weighted by molar-refractivity contribution is 6.23. The van der Waals surface area contributed by atoms with Crippen molar-refractivity contribution in [3.05, 3.63) is 26.9 Å². The van der Waals surface area contributed by atoms with E-state index in [0.29, 0.717) is 5.69 Å². The quantitative estimate of drug-likeness (QED) is 0.351. The van der Waals surface area contributed by atoms with Gasteiger partial charge in [0.1, 0.15) is 17.9 Å². The normalized spacial score (nSPS) is 13.4. The van der Waals surface area contributed by atoms with Crippen LogP contribution in [0.4, 0.5) is 5.95 Å². The second-order valence-electron chi connectivity index (χ2n) is 4.25. The number of aryl methyl sites for hydroxylation is 1. The summed E-state index contributed by atoms with van der Waals surface area (Å²) in [4.78, 5) is 23.7. The maximum Gasteiger partial charge on any atom is 0.434 e. The summed E-state index contributed by atoms with van der Waals surface area (Å²) in [7, 11) is 0. The lowest BCUT2D eigenvalue weighted by molar-refractivity contribution is -0.396. The number of nitrogens with zero attached hydrogens (tertiary/aromatic N) is 4. The van der Waals surface area contributed by atoms with E-state index in [1.807, 2.05) is 0 Å². The van der Waals surface area contributed by atoms with Crippen LogP contribution >= 0.6 is 11.6 Å². The van der Waals surface area contributed by atoms with Gasteiger partial charge in [0.15, 0.2) is 0 Å². The number of imidazole rings is 1. The second kappa shape index (κ2) is 4.79. The van der Waals surface area contributed by atoms with Crippen LogP contribution in [0.2, 0.25) is 0 Å². The average molecular weight is 261 g/mol. The van der Waals surface area contributed by atoms with Crippen LogP contribution in [0.3, 0.4) is 0 Å². The predicted octanol–water partition coefficient (Wildman–Crippen LogP) is 2.25. The molecule has 0 aliphatic rings. The molecule has 1 heterocycles. The van der Waals surface area contributed by atoms with Gasteiger partial charge in [0, 0.05) is 0 Å². The van der Waals surface area contributed by atoms with E-state index in [4.69, 9.17) is 11.6 Å². The summed E-state index contributed by atoms with van der Waals surface area (Å²) in [5, 5.41) is 13.7. The third-order valence-electron chi connectivity index (χ3n) is 2.47. The van der Waals surface area contributed by atoms with Crippen molar-refractivity contribution < 1.29 is 4.92 Å². The topological polar surface area (TPSA) is 90.4 Å². The van der Waals surface area contributed by atoms with Gasteiger partial charge in [-0.3, -0.25) is 0 Å². The number of rotatable bonds is 5. The van der Waals surface area contributed by atoms with Crippen molar-refractivity contribution in [3.8, 4) is 0 Å². The van der Waals surface area contributed by atoms with Crippen LogP contribution in [0.5, 0.6) is 0 Å². The first kappa shape index (κ1) is 13.6. The molecule has 0 aliphatic heterocycles. The minimum atomic E-state index is -0.869. The van der Waals surface area contributed by atoms with Gasteiger partial charge in [0.2, 0.25) is 0 Å². The number of nitroso groups, excluding NO2 is 1. The fourth-order valence-electron chi connectivity index (χ4n) is 1.37.